The number of ketones is 1. The molecule has 1 heterocycles. The normalized spacial score (nSPS) is 47.9. The van der Waals surface area contributed by atoms with Crippen molar-refractivity contribution in [2.45, 2.75) is 109 Å². The zero-order chi connectivity index (χ0) is 30.0. The summed E-state index contributed by atoms with van der Waals surface area (Å²) in [5, 5.41) is 46.7. The van der Waals surface area contributed by atoms with Crippen LogP contribution in [0.3, 0.4) is 0 Å². The Bertz CT molecular complexity index is 1160. The second kappa shape index (κ2) is 8.83. The summed E-state index contributed by atoms with van der Waals surface area (Å²) in [6.07, 6.45) is -2.16. The third-order valence-electron chi connectivity index (χ3n) is 10.7. The van der Waals surface area contributed by atoms with E-state index in [1.54, 1.807) is 6.92 Å². The number of hydrogen-bond donors (Lipinski definition) is 4. The highest BCUT2D eigenvalue weighted by molar-refractivity contribution is 6.05. The van der Waals surface area contributed by atoms with Crippen molar-refractivity contribution in [1.82, 2.24) is 0 Å². The standard InChI is InChI=1S/C30H44O10/c1-13(2)9-18(32)38-23-16(6)28(36)17-11-15(5)22(34)29(17,37)25(35)27(12-31)24(40-27)20(28)21-26(7,8)30(21,23)39-19(33)10-14(3)4/h11,13-14,16-17,20-21,23-25,31,35-37H,9-10,12H2,1-8H3/t16-,17+,20-,21+,23?,24?,25?,27?,28?,29?,30?/m1/s1. The van der Waals surface area contributed by atoms with Gasteiger partial charge in [-0.25, -0.2) is 0 Å². The maximum Gasteiger partial charge on any atom is 0.306 e. The highest BCUT2D eigenvalue weighted by atomic mass is 16.6. The summed E-state index contributed by atoms with van der Waals surface area (Å²) >= 11 is 0. The molecule has 0 bridgehead atoms. The third kappa shape index (κ3) is 3.43. The molecule has 0 aromatic rings. The number of aliphatic hydroxyl groups is 4. The van der Waals surface area contributed by atoms with E-state index in [0.717, 1.165) is 0 Å². The summed E-state index contributed by atoms with van der Waals surface area (Å²) in [5.41, 5.74) is -8.09. The fourth-order valence-corrected chi connectivity index (χ4v) is 8.75. The molecular formula is C30H44O10. The molecule has 1 aliphatic heterocycles. The van der Waals surface area contributed by atoms with E-state index in [1.807, 2.05) is 41.5 Å². The van der Waals surface area contributed by atoms with Gasteiger partial charge in [-0.1, -0.05) is 54.5 Å². The molecule has 5 aliphatic rings. The quantitative estimate of drug-likeness (QED) is 0.262. The number of fused-ring (bicyclic) bond motifs is 7. The van der Waals surface area contributed by atoms with Crippen LogP contribution in [0.25, 0.3) is 0 Å². The Kier molecular flexibility index (Phi) is 6.54. The molecule has 5 rings (SSSR count). The van der Waals surface area contributed by atoms with Crippen LogP contribution in [0, 0.1) is 40.9 Å². The van der Waals surface area contributed by atoms with Gasteiger partial charge in [0.2, 0.25) is 0 Å². The number of ether oxygens (including phenoxy) is 3. The van der Waals surface area contributed by atoms with E-state index in [4.69, 9.17) is 14.2 Å². The number of epoxide rings is 1. The van der Waals surface area contributed by atoms with E-state index in [1.165, 1.54) is 13.0 Å². The van der Waals surface area contributed by atoms with Crippen LogP contribution in [0.1, 0.15) is 68.2 Å². The molecule has 224 valence electrons. The zero-order valence-corrected chi connectivity index (χ0v) is 24.6. The van der Waals surface area contributed by atoms with Crippen LogP contribution < -0.4 is 0 Å². The van der Waals surface area contributed by atoms with E-state index in [2.05, 4.69) is 0 Å². The van der Waals surface area contributed by atoms with Crippen molar-refractivity contribution in [3.8, 4) is 0 Å². The molecule has 3 saturated carbocycles. The van der Waals surface area contributed by atoms with E-state index < -0.39 is 94.1 Å². The third-order valence-corrected chi connectivity index (χ3v) is 10.7. The molecule has 7 unspecified atom stereocenters. The highest BCUT2D eigenvalue weighted by Gasteiger charge is 2.93. The second-order valence-corrected chi connectivity index (χ2v) is 14.3. The predicted octanol–water partition coefficient (Wildman–Crippen LogP) is 1.31. The molecule has 4 aliphatic carbocycles. The van der Waals surface area contributed by atoms with Gasteiger partial charge in [0.15, 0.2) is 17.0 Å². The molecule has 0 aromatic carbocycles. The van der Waals surface area contributed by atoms with Crippen LogP contribution in [-0.4, -0.2) is 85.5 Å². The van der Waals surface area contributed by atoms with Gasteiger partial charge in [-0.2, -0.15) is 0 Å². The lowest BCUT2D eigenvalue weighted by atomic mass is 9.58. The van der Waals surface area contributed by atoms with E-state index in [-0.39, 0.29) is 30.3 Å². The van der Waals surface area contributed by atoms with E-state index in [0.29, 0.717) is 0 Å². The van der Waals surface area contributed by atoms with Crippen molar-refractivity contribution in [2.75, 3.05) is 6.61 Å². The second-order valence-electron chi connectivity index (χ2n) is 14.3. The molecule has 10 heteroatoms. The number of aliphatic hydroxyl groups excluding tert-OH is 2. The van der Waals surface area contributed by atoms with Crippen LogP contribution in [0.15, 0.2) is 11.6 Å². The molecule has 10 nitrogen and oxygen atoms in total. The van der Waals surface area contributed by atoms with Crippen LogP contribution in [0.2, 0.25) is 0 Å². The van der Waals surface area contributed by atoms with Crippen molar-refractivity contribution in [3.63, 3.8) is 0 Å². The highest BCUT2D eigenvalue weighted by Crippen LogP contribution is 2.79. The number of esters is 2. The van der Waals surface area contributed by atoms with Crippen molar-refractivity contribution >= 4 is 17.7 Å². The number of hydrogen-bond acceptors (Lipinski definition) is 10. The number of carbonyl (C=O) groups excluding carboxylic acids is 3. The summed E-state index contributed by atoms with van der Waals surface area (Å²) in [6.45, 7) is 13.8. The Balaban J connectivity index is 1.70. The van der Waals surface area contributed by atoms with Crippen LogP contribution in [0.5, 0.6) is 0 Å². The molecule has 0 aromatic heterocycles. The van der Waals surface area contributed by atoms with Gasteiger partial charge in [-0.05, 0) is 24.3 Å². The van der Waals surface area contributed by atoms with Gasteiger partial charge >= 0.3 is 11.9 Å². The summed E-state index contributed by atoms with van der Waals surface area (Å²) in [4.78, 5) is 39.8. The lowest BCUT2D eigenvalue weighted by Crippen LogP contribution is -2.69. The summed E-state index contributed by atoms with van der Waals surface area (Å²) in [7, 11) is 0. The predicted molar refractivity (Wildman–Crippen MR) is 140 cm³/mol. The fraction of sp³-hybridized carbons (Fsp3) is 0.833. The Morgan fingerprint density at radius 2 is 1.65 bits per heavy atom. The van der Waals surface area contributed by atoms with Crippen LogP contribution in [0.4, 0.5) is 0 Å². The minimum absolute atomic E-state index is 0.00845. The summed E-state index contributed by atoms with van der Waals surface area (Å²) in [6, 6.07) is 0. The SMILES string of the molecule is CC1=C[C@@H]2C(O)(C1=O)C(O)C1(CO)OC1[C@H]1[C@H]3C(C)(C)C3(OC(=O)CC(C)C)C(OC(=O)CC(C)C)[C@@H](C)C21O. The Hall–Kier alpha value is -1.85. The van der Waals surface area contributed by atoms with E-state index >= 15 is 0 Å². The molecule has 0 spiro atoms. The topological polar surface area (TPSA) is 163 Å². The molecule has 11 atom stereocenters. The lowest BCUT2D eigenvalue weighted by Gasteiger charge is -2.53. The van der Waals surface area contributed by atoms with Crippen molar-refractivity contribution in [1.29, 1.82) is 0 Å². The van der Waals surface area contributed by atoms with Crippen molar-refractivity contribution < 1.29 is 49.0 Å². The largest absolute Gasteiger partial charge is 0.458 e. The Morgan fingerprint density at radius 1 is 1.07 bits per heavy atom. The molecular weight excluding hydrogens is 520 g/mol. The fourth-order valence-electron chi connectivity index (χ4n) is 8.75. The summed E-state index contributed by atoms with van der Waals surface area (Å²) in [5.74, 6) is -5.48. The van der Waals surface area contributed by atoms with Gasteiger partial charge in [0, 0.05) is 41.9 Å². The molecule has 40 heavy (non-hydrogen) atoms. The van der Waals surface area contributed by atoms with Crippen LogP contribution in [-0.2, 0) is 28.6 Å². The molecule has 4 N–H and O–H groups in total. The monoisotopic (exact) mass is 564 g/mol. The van der Waals surface area contributed by atoms with Gasteiger partial charge < -0.3 is 34.6 Å². The first-order valence-electron chi connectivity index (χ1n) is 14.4. The van der Waals surface area contributed by atoms with Crippen molar-refractivity contribution in [3.05, 3.63) is 11.6 Å². The molecule has 1 saturated heterocycles. The Labute approximate surface area is 235 Å². The van der Waals surface area contributed by atoms with Crippen molar-refractivity contribution in [2.24, 2.45) is 40.9 Å². The molecule has 4 fully saturated rings. The number of Topliss-reactive ketones (excluding diaryl/α,β-unsaturated/α-hetero) is 1. The first kappa shape index (κ1) is 29.6. The zero-order valence-electron chi connectivity index (χ0n) is 24.6. The molecule has 0 radical (unpaired) electrons. The van der Waals surface area contributed by atoms with Gasteiger partial charge in [0.25, 0.3) is 0 Å². The lowest BCUT2D eigenvalue weighted by molar-refractivity contribution is -0.245. The average molecular weight is 565 g/mol. The molecule has 0 amide bonds. The van der Waals surface area contributed by atoms with Gasteiger partial charge in [0.05, 0.1) is 18.3 Å². The van der Waals surface area contributed by atoms with Gasteiger partial charge in [-0.3, -0.25) is 14.4 Å². The average Bonchev–Trinajstić information content (AvgIpc) is 3.66. The minimum atomic E-state index is -2.47. The number of carbonyl (C=O) groups is 3. The van der Waals surface area contributed by atoms with E-state index in [9.17, 15) is 34.8 Å². The summed E-state index contributed by atoms with van der Waals surface area (Å²) < 4.78 is 18.4. The van der Waals surface area contributed by atoms with Gasteiger partial charge in [0.1, 0.15) is 17.8 Å². The smallest absolute Gasteiger partial charge is 0.306 e. The van der Waals surface area contributed by atoms with Gasteiger partial charge in [-0.15, -0.1) is 0 Å². The minimum Gasteiger partial charge on any atom is -0.458 e. The first-order chi connectivity index (χ1) is 18.4. The number of rotatable bonds is 7. The Morgan fingerprint density at radius 3 is 2.20 bits per heavy atom. The maximum absolute atomic E-state index is 13.4. The maximum atomic E-state index is 13.4. The van der Waals surface area contributed by atoms with Crippen LogP contribution >= 0.6 is 0 Å². The first-order valence-corrected chi connectivity index (χ1v) is 14.4.